The average Bonchev–Trinajstić information content (AvgIpc) is 3.23. The Bertz CT molecular complexity index is 741. The summed E-state index contributed by atoms with van der Waals surface area (Å²) in [4.78, 5) is 16.8. The maximum atomic E-state index is 12.7. The van der Waals surface area contributed by atoms with Crippen molar-refractivity contribution >= 4 is 5.91 Å². The van der Waals surface area contributed by atoms with Gasteiger partial charge in [0.25, 0.3) is 0 Å². The van der Waals surface area contributed by atoms with Crippen LogP contribution in [-0.2, 0) is 4.79 Å². The number of carbonyl (C=O) groups excluding carboxylic acids is 1. The highest BCUT2D eigenvalue weighted by molar-refractivity contribution is 5.81. The first-order valence-electron chi connectivity index (χ1n) is 9.20. The van der Waals surface area contributed by atoms with Crippen molar-refractivity contribution in [3.63, 3.8) is 0 Å². The Hall–Kier alpha value is -2.20. The molecule has 1 amide bonds. The lowest BCUT2D eigenvalue weighted by Crippen LogP contribution is -2.45. The molecule has 3 N–H and O–H groups in total. The molecule has 5 unspecified atom stereocenters. The third-order valence-corrected chi connectivity index (χ3v) is 6.07. The smallest absolute Gasteiger partial charge is 0.225 e. The van der Waals surface area contributed by atoms with Crippen LogP contribution in [0.25, 0.3) is 11.1 Å². The Kier molecular flexibility index (Phi) is 4.30. The molecular formula is C21H25N3O. The maximum Gasteiger partial charge on any atom is 0.225 e. The molecule has 2 bridgehead atoms. The summed E-state index contributed by atoms with van der Waals surface area (Å²) >= 11 is 0. The van der Waals surface area contributed by atoms with E-state index < -0.39 is 0 Å². The van der Waals surface area contributed by atoms with E-state index in [9.17, 15) is 4.79 Å². The van der Waals surface area contributed by atoms with Crippen molar-refractivity contribution in [2.75, 3.05) is 0 Å². The quantitative estimate of drug-likeness (QED) is 0.901. The van der Waals surface area contributed by atoms with E-state index in [0.717, 1.165) is 29.5 Å². The van der Waals surface area contributed by atoms with Crippen molar-refractivity contribution in [1.82, 2.24) is 10.3 Å². The Morgan fingerprint density at radius 3 is 2.36 bits per heavy atom. The van der Waals surface area contributed by atoms with E-state index in [0.29, 0.717) is 11.8 Å². The SMILES string of the molecule is CC(NC(=O)C1C2CCC(C2)C1N)c1ccc(-c2ccncc2)cc1. The molecule has 5 atom stereocenters. The van der Waals surface area contributed by atoms with Crippen LogP contribution in [0, 0.1) is 17.8 Å². The van der Waals surface area contributed by atoms with E-state index >= 15 is 0 Å². The second-order valence-corrected chi connectivity index (χ2v) is 7.52. The van der Waals surface area contributed by atoms with Crippen LogP contribution in [0.5, 0.6) is 0 Å². The lowest BCUT2D eigenvalue weighted by Gasteiger charge is -2.28. The number of pyridine rings is 1. The summed E-state index contributed by atoms with van der Waals surface area (Å²) in [6.07, 6.45) is 7.08. The number of carbonyl (C=O) groups is 1. The van der Waals surface area contributed by atoms with Gasteiger partial charge in [0.15, 0.2) is 0 Å². The number of rotatable bonds is 4. The molecule has 2 aliphatic rings. The highest BCUT2D eigenvalue weighted by atomic mass is 16.2. The van der Waals surface area contributed by atoms with Crippen LogP contribution in [0.3, 0.4) is 0 Å². The molecule has 4 rings (SSSR count). The molecule has 0 radical (unpaired) electrons. The molecule has 4 heteroatoms. The largest absolute Gasteiger partial charge is 0.349 e. The summed E-state index contributed by atoms with van der Waals surface area (Å²) in [5, 5.41) is 3.18. The van der Waals surface area contributed by atoms with Gasteiger partial charge in [-0.3, -0.25) is 9.78 Å². The fourth-order valence-electron chi connectivity index (χ4n) is 4.63. The number of hydrogen-bond acceptors (Lipinski definition) is 3. The summed E-state index contributed by atoms with van der Waals surface area (Å²) in [6.45, 7) is 2.04. The predicted molar refractivity (Wildman–Crippen MR) is 98.5 cm³/mol. The van der Waals surface area contributed by atoms with Gasteiger partial charge in [-0.2, -0.15) is 0 Å². The lowest BCUT2D eigenvalue weighted by molar-refractivity contribution is -0.127. The number of aromatic nitrogens is 1. The highest BCUT2D eigenvalue weighted by Crippen LogP contribution is 2.47. The Morgan fingerprint density at radius 2 is 1.72 bits per heavy atom. The minimum Gasteiger partial charge on any atom is -0.349 e. The van der Waals surface area contributed by atoms with Gasteiger partial charge in [0.1, 0.15) is 0 Å². The van der Waals surface area contributed by atoms with Crippen LogP contribution >= 0.6 is 0 Å². The number of nitrogens with two attached hydrogens (primary N) is 1. The van der Waals surface area contributed by atoms with Gasteiger partial charge in [0, 0.05) is 18.4 Å². The summed E-state index contributed by atoms with van der Waals surface area (Å²) in [7, 11) is 0. The van der Waals surface area contributed by atoms with Gasteiger partial charge < -0.3 is 11.1 Å². The van der Waals surface area contributed by atoms with Crippen molar-refractivity contribution in [2.45, 2.75) is 38.3 Å². The first-order valence-corrected chi connectivity index (χ1v) is 9.20. The standard InChI is InChI=1S/C21H25N3O/c1-13(24-21(25)19-17-6-7-18(12-17)20(19)22)14-2-4-15(5-3-14)16-8-10-23-11-9-16/h2-5,8-11,13,17-20H,6-7,12,22H2,1H3,(H,24,25). The van der Waals surface area contributed by atoms with E-state index in [2.05, 4.69) is 34.6 Å². The van der Waals surface area contributed by atoms with E-state index in [-0.39, 0.29) is 23.9 Å². The molecule has 25 heavy (non-hydrogen) atoms. The van der Waals surface area contributed by atoms with Crippen molar-refractivity contribution in [3.8, 4) is 11.1 Å². The molecule has 4 nitrogen and oxygen atoms in total. The minimum absolute atomic E-state index is 0.00251. The first kappa shape index (κ1) is 16.3. The fraction of sp³-hybridized carbons (Fsp3) is 0.429. The second kappa shape index (κ2) is 6.60. The number of nitrogens with one attached hydrogen (secondary N) is 1. The number of fused-ring (bicyclic) bond motifs is 2. The molecule has 0 spiro atoms. The van der Waals surface area contributed by atoms with Gasteiger partial charge in [0.2, 0.25) is 5.91 Å². The van der Waals surface area contributed by atoms with Crippen molar-refractivity contribution in [2.24, 2.45) is 23.5 Å². The second-order valence-electron chi connectivity index (χ2n) is 7.52. The van der Waals surface area contributed by atoms with Gasteiger partial charge in [-0.05, 0) is 66.8 Å². The minimum atomic E-state index is -0.00897. The number of amides is 1. The van der Waals surface area contributed by atoms with Crippen molar-refractivity contribution in [1.29, 1.82) is 0 Å². The lowest BCUT2D eigenvalue weighted by atomic mass is 9.84. The van der Waals surface area contributed by atoms with Crippen molar-refractivity contribution in [3.05, 3.63) is 54.4 Å². The zero-order valence-corrected chi connectivity index (χ0v) is 14.6. The molecule has 2 fully saturated rings. The Morgan fingerprint density at radius 1 is 1.08 bits per heavy atom. The predicted octanol–water partition coefficient (Wildman–Crippen LogP) is 3.30. The van der Waals surface area contributed by atoms with Crippen molar-refractivity contribution < 1.29 is 4.79 Å². The Balaban J connectivity index is 1.43. The molecular weight excluding hydrogens is 310 g/mol. The van der Waals surface area contributed by atoms with Gasteiger partial charge in [0.05, 0.1) is 12.0 Å². The monoisotopic (exact) mass is 335 g/mol. The first-order chi connectivity index (χ1) is 12.1. The molecule has 0 saturated heterocycles. The van der Waals surface area contributed by atoms with E-state index in [4.69, 9.17) is 5.73 Å². The summed E-state index contributed by atoms with van der Waals surface area (Å²) in [5.74, 6) is 1.17. The zero-order chi connectivity index (χ0) is 17.4. The van der Waals surface area contributed by atoms with E-state index in [1.807, 2.05) is 19.1 Å². The fourth-order valence-corrected chi connectivity index (χ4v) is 4.63. The number of nitrogens with zero attached hydrogens (tertiary/aromatic N) is 1. The topological polar surface area (TPSA) is 68.0 Å². The van der Waals surface area contributed by atoms with E-state index in [1.54, 1.807) is 12.4 Å². The third-order valence-electron chi connectivity index (χ3n) is 6.07. The van der Waals surface area contributed by atoms with Crippen LogP contribution in [0.2, 0.25) is 0 Å². The molecule has 2 aromatic rings. The van der Waals surface area contributed by atoms with Gasteiger partial charge in [-0.15, -0.1) is 0 Å². The van der Waals surface area contributed by atoms with Crippen LogP contribution in [0.15, 0.2) is 48.8 Å². The molecule has 2 aliphatic carbocycles. The van der Waals surface area contributed by atoms with Crippen LogP contribution in [0.4, 0.5) is 0 Å². The van der Waals surface area contributed by atoms with Gasteiger partial charge in [-0.1, -0.05) is 24.3 Å². The molecule has 2 saturated carbocycles. The summed E-state index contributed by atoms with van der Waals surface area (Å²) in [5.41, 5.74) is 9.71. The molecule has 1 aromatic carbocycles. The normalized spacial score (nSPS) is 28.7. The van der Waals surface area contributed by atoms with Gasteiger partial charge >= 0.3 is 0 Å². The van der Waals surface area contributed by atoms with E-state index in [1.165, 1.54) is 6.42 Å². The molecule has 1 aromatic heterocycles. The molecule has 1 heterocycles. The summed E-state index contributed by atoms with van der Waals surface area (Å²) in [6, 6.07) is 12.4. The Labute approximate surface area is 148 Å². The third kappa shape index (κ3) is 3.07. The number of hydrogen-bond donors (Lipinski definition) is 2. The molecule has 0 aliphatic heterocycles. The molecule has 130 valence electrons. The number of benzene rings is 1. The zero-order valence-electron chi connectivity index (χ0n) is 14.6. The average molecular weight is 335 g/mol. The van der Waals surface area contributed by atoms with Crippen LogP contribution < -0.4 is 11.1 Å². The maximum absolute atomic E-state index is 12.7. The van der Waals surface area contributed by atoms with Gasteiger partial charge in [-0.25, -0.2) is 0 Å². The van der Waals surface area contributed by atoms with Crippen LogP contribution in [0.1, 0.15) is 37.8 Å². The summed E-state index contributed by atoms with van der Waals surface area (Å²) < 4.78 is 0. The van der Waals surface area contributed by atoms with Crippen LogP contribution in [-0.4, -0.2) is 16.9 Å². The highest BCUT2D eigenvalue weighted by Gasteiger charge is 2.49.